The van der Waals surface area contributed by atoms with Crippen molar-refractivity contribution >= 4 is 11.8 Å². The van der Waals surface area contributed by atoms with Crippen molar-refractivity contribution in [1.29, 1.82) is 0 Å². The molecular weight excluding hydrogens is 208 g/mol. The molecule has 1 unspecified atom stereocenters. The largest absolute Gasteiger partial charge is 0.396 e. The summed E-state index contributed by atoms with van der Waals surface area (Å²) in [6.45, 7) is 6.74. The van der Waals surface area contributed by atoms with Crippen molar-refractivity contribution in [3.05, 3.63) is 18.2 Å². The van der Waals surface area contributed by atoms with E-state index in [2.05, 4.69) is 30.3 Å². The molecular formula is C11H20N2OS. The minimum atomic E-state index is 0.275. The highest BCUT2D eigenvalue weighted by molar-refractivity contribution is 7.99. The lowest BCUT2D eigenvalue weighted by molar-refractivity contribution is 0.289. The van der Waals surface area contributed by atoms with Crippen LogP contribution in [0.4, 0.5) is 0 Å². The van der Waals surface area contributed by atoms with E-state index in [0.717, 1.165) is 12.2 Å². The van der Waals surface area contributed by atoms with Crippen LogP contribution in [0.5, 0.6) is 0 Å². The fourth-order valence-corrected chi connectivity index (χ4v) is 2.35. The van der Waals surface area contributed by atoms with Crippen molar-refractivity contribution in [1.82, 2.24) is 9.55 Å². The van der Waals surface area contributed by atoms with Crippen LogP contribution in [0.25, 0.3) is 0 Å². The zero-order valence-electron chi connectivity index (χ0n) is 9.68. The van der Waals surface area contributed by atoms with Gasteiger partial charge in [-0.1, -0.05) is 6.92 Å². The number of hydrogen-bond acceptors (Lipinski definition) is 3. The van der Waals surface area contributed by atoms with E-state index in [1.165, 1.54) is 5.69 Å². The SMILES string of the molecule is CC(CCO)SCc1cncn1C(C)C. The van der Waals surface area contributed by atoms with Crippen LogP contribution in [0.3, 0.4) is 0 Å². The molecule has 0 fully saturated rings. The molecule has 0 aliphatic carbocycles. The Morgan fingerprint density at radius 1 is 1.47 bits per heavy atom. The van der Waals surface area contributed by atoms with Crippen LogP contribution in [0.2, 0.25) is 0 Å². The average molecular weight is 228 g/mol. The van der Waals surface area contributed by atoms with Gasteiger partial charge in [0.1, 0.15) is 0 Å². The molecule has 15 heavy (non-hydrogen) atoms. The Bertz CT molecular complexity index is 286. The normalized spacial score (nSPS) is 13.4. The number of aliphatic hydroxyl groups is 1. The van der Waals surface area contributed by atoms with Gasteiger partial charge in [-0.3, -0.25) is 0 Å². The Morgan fingerprint density at radius 2 is 2.20 bits per heavy atom. The molecule has 1 rings (SSSR count). The topological polar surface area (TPSA) is 38.1 Å². The van der Waals surface area contributed by atoms with Gasteiger partial charge < -0.3 is 9.67 Å². The quantitative estimate of drug-likeness (QED) is 0.813. The fraction of sp³-hybridized carbons (Fsp3) is 0.727. The summed E-state index contributed by atoms with van der Waals surface area (Å²) in [5.74, 6) is 0.972. The van der Waals surface area contributed by atoms with Crippen LogP contribution in [-0.2, 0) is 5.75 Å². The van der Waals surface area contributed by atoms with Gasteiger partial charge in [-0.2, -0.15) is 11.8 Å². The van der Waals surface area contributed by atoms with Crippen molar-refractivity contribution in [3.63, 3.8) is 0 Å². The Hall–Kier alpha value is -0.480. The van der Waals surface area contributed by atoms with Crippen molar-refractivity contribution in [2.24, 2.45) is 0 Å². The highest BCUT2D eigenvalue weighted by Gasteiger charge is 2.07. The van der Waals surface area contributed by atoms with E-state index in [0.29, 0.717) is 11.3 Å². The summed E-state index contributed by atoms with van der Waals surface area (Å²) in [7, 11) is 0. The molecule has 0 radical (unpaired) electrons. The third-order valence-corrected chi connectivity index (χ3v) is 3.62. The summed E-state index contributed by atoms with van der Waals surface area (Å²) in [4.78, 5) is 4.17. The van der Waals surface area contributed by atoms with Gasteiger partial charge in [0.2, 0.25) is 0 Å². The molecule has 0 saturated carbocycles. The number of thioether (sulfide) groups is 1. The van der Waals surface area contributed by atoms with Gasteiger partial charge in [-0.05, 0) is 20.3 Å². The second-order valence-corrected chi connectivity index (χ2v) is 5.45. The molecule has 3 nitrogen and oxygen atoms in total. The van der Waals surface area contributed by atoms with Gasteiger partial charge in [0.15, 0.2) is 0 Å². The van der Waals surface area contributed by atoms with Gasteiger partial charge in [-0.25, -0.2) is 4.98 Å². The van der Waals surface area contributed by atoms with Gasteiger partial charge in [0.05, 0.1) is 6.33 Å². The lowest BCUT2D eigenvalue weighted by Crippen LogP contribution is -2.05. The molecule has 4 heteroatoms. The lowest BCUT2D eigenvalue weighted by atomic mass is 10.3. The molecule has 86 valence electrons. The van der Waals surface area contributed by atoms with Crippen LogP contribution in [0.1, 0.15) is 38.9 Å². The summed E-state index contributed by atoms with van der Waals surface area (Å²) >= 11 is 1.87. The van der Waals surface area contributed by atoms with Gasteiger partial charge in [0.25, 0.3) is 0 Å². The number of aliphatic hydroxyl groups excluding tert-OH is 1. The fourth-order valence-electron chi connectivity index (χ4n) is 1.40. The van der Waals surface area contributed by atoms with E-state index in [1.807, 2.05) is 24.3 Å². The first kappa shape index (κ1) is 12.6. The molecule has 0 aliphatic rings. The van der Waals surface area contributed by atoms with Crippen LogP contribution in [-0.4, -0.2) is 26.5 Å². The van der Waals surface area contributed by atoms with E-state index in [9.17, 15) is 0 Å². The lowest BCUT2D eigenvalue weighted by Gasteiger charge is -2.13. The van der Waals surface area contributed by atoms with E-state index in [1.54, 1.807) is 0 Å². The molecule has 1 aromatic heterocycles. The zero-order valence-corrected chi connectivity index (χ0v) is 10.5. The number of aromatic nitrogens is 2. The van der Waals surface area contributed by atoms with Gasteiger partial charge in [-0.15, -0.1) is 0 Å². The average Bonchev–Trinajstić information content (AvgIpc) is 2.63. The Kier molecular flexibility index (Phi) is 5.19. The standard InChI is InChI=1S/C11H20N2OS/c1-9(2)13-8-12-6-11(13)7-15-10(3)4-5-14/h6,8-10,14H,4-5,7H2,1-3H3. The van der Waals surface area contributed by atoms with Crippen LogP contribution in [0, 0.1) is 0 Å². The molecule has 1 aromatic rings. The molecule has 1 N–H and O–H groups in total. The van der Waals surface area contributed by atoms with Crippen molar-refractivity contribution in [2.75, 3.05) is 6.61 Å². The highest BCUT2D eigenvalue weighted by Crippen LogP contribution is 2.21. The Balaban J connectivity index is 2.46. The third kappa shape index (κ3) is 3.87. The van der Waals surface area contributed by atoms with Crippen molar-refractivity contribution in [2.45, 2.75) is 44.2 Å². The minimum absolute atomic E-state index is 0.275. The summed E-state index contributed by atoms with van der Waals surface area (Å²) in [6.07, 6.45) is 4.68. The van der Waals surface area contributed by atoms with Gasteiger partial charge in [0, 0.05) is 35.5 Å². The smallest absolute Gasteiger partial charge is 0.0950 e. The van der Waals surface area contributed by atoms with E-state index in [4.69, 9.17) is 5.11 Å². The van der Waals surface area contributed by atoms with Crippen LogP contribution < -0.4 is 0 Å². The number of hydrogen-bond donors (Lipinski definition) is 1. The summed E-state index contributed by atoms with van der Waals surface area (Å²) in [5.41, 5.74) is 1.26. The van der Waals surface area contributed by atoms with Crippen molar-refractivity contribution in [3.8, 4) is 0 Å². The molecule has 0 aromatic carbocycles. The summed E-state index contributed by atoms with van der Waals surface area (Å²) in [6, 6.07) is 0.469. The Labute approximate surface area is 95.9 Å². The van der Waals surface area contributed by atoms with Crippen LogP contribution in [0.15, 0.2) is 12.5 Å². The monoisotopic (exact) mass is 228 g/mol. The Morgan fingerprint density at radius 3 is 2.80 bits per heavy atom. The first-order valence-electron chi connectivity index (χ1n) is 5.38. The first-order chi connectivity index (χ1) is 7.15. The second kappa shape index (κ2) is 6.18. The maximum Gasteiger partial charge on any atom is 0.0950 e. The van der Waals surface area contributed by atoms with Crippen molar-refractivity contribution < 1.29 is 5.11 Å². The number of nitrogens with zero attached hydrogens (tertiary/aromatic N) is 2. The van der Waals surface area contributed by atoms with E-state index in [-0.39, 0.29) is 6.61 Å². The molecule has 0 bridgehead atoms. The predicted molar refractivity (Wildman–Crippen MR) is 65.1 cm³/mol. The molecule has 0 saturated heterocycles. The predicted octanol–water partition coefficient (Wildman–Crippen LogP) is 2.47. The van der Waals surface area contributed by atoms with E-state index >= 15 is 0 Å². The third-order valence-electron chi connectivity index (χ3n) is 2.35. The molecule has 0 amide bonds. The number of rotatable bonds is 6. The summed E-state index contributed by atoms with van der Waals surface area (Å²) in [5, 5.41) is 9.31. The molecule has 0 aliphatic heterocycles. The van der Waals surface area contributed by atoms with E-state index < -0.39 is 0 Å². The summed E-state index contributed by atoms with van der Waals surface area (Å²) < 4.78 is 2.19. The first-order valence-corrected chi connectivity index (χ1v) is 6.43. The minimum Gasteiger partial charge on any atom is -0.396 e. The maximum atomic E-state index is 8.81. The van der Waals surface area contributed by atoms with Gasteiger partial charge >= 0.3 is 0 Å². The number of imidazole rings is 1. The van der Waals surface area contributed by atoms with Crippen LogP contribution >= 0.6 is 11.8 Å². The zero-order chi connectivity index (χ0) is 11.3. The second-order valence-electron chi connectivity index (χ2n) is 4.02. The molecule has 1 heterocycles. The maximum absolute atomic E-state index is 8.81. The molecule has 1 atom stereocenters. The highest BCUT2D eigenvalue weighted by atomic mass is 32.2. The molecule has 0 spiro atoms.